The van der Waals surface area contributed by atoms with Crippen LogP contribution in [-0.4, -0.2) is 20.6 Å². The first-order chi connectivity index (χ1) is 7.54. The van der Waals surface area contributed by atoms with Gasteiger partial charge in [-0.25, -0.2) is 9.78 Å². The van der Waals surface area contributed by atoms with Crippen LogP contribution in [0.2, 0.25) is 0 Å². The Balaban J connectivity index is 0.00000144. The second-order valence-corrected chi connectivity index (χ2v) is 4.51. The predicted octanol–water partition coefficient (Wildman–Crippen LogP) is -1.63. The van der Waals surface area contributed by atoms with Crippen molar-refractivity contribution in [2.24, 2.45) is 7.05 Å². The van der Waals surface area contributed by atoms with Crippen molar-refractivity contribution in [3.05, 3.63) is 27.1 Å². The zero-order valence-corrected chi connectivity index (χ0v) is 12.7. The van der Waals surface area contributed by atoms with Gasteiger partial charge in [-0.3, -0.25) is 9.36 Å². The maximum atomic E-state index is 11.8. The maximum Gasteiger partial charge on any atom is 1.00 e. The molecule has 2 rings (SSSR count). The van der Waals surface area contributed by atoms with Crippen molar-refractivity contribution in [1.82, 2.24) is 9.55 Å². The molecule has 0 saturated heterocycles. The van der Waals surface area contributed by atoms with Gasteiger partial charge in [-0.1, -0.05) is 6.92 Å². The van der Waals surface area contributed by atoms with E-state index in [9.17, 15) is 9.59 Å². The summed E-state index contributed by atoms with van der Waals surface area (Å²) < 4.78 is 1.07. The quantitative estimate of drug-likeness (QED) is 0.660. The molecule has 2 heterocycles. The number of carboxylic acids is 1. The van der Waals surface area contributed by atoms with Crippen LogP contribution in [0, 0.1) is 0 Å². The van der Waals surface area contributed by atoms with E-state index in [0.717, 1.165) is 15.9 Å². The molecule has 5 nitrogen and oxygen atoms in total. The van der Waals surface area contributed by atoms with Gasteiger partial charge in [0, 0.05) is 11.9 Å². The molecule has 0 spiro atoms. The van der Waals surface area contributed by atoms with Gasteiger partial charge in [-0.2, -0.15) is 0 Å². The molecule has 0 amide bonds. The molecular formula is C10H11N2NaO3S. The molecule has 0 radical (unpaired) electrons. The molecule has 0 aliphatic rings. The Bertz CT molecular complexity index is 638. The summed E-state index contributed by atoms with van der Waals surface area (Å²) in [5.74, 6) is -1.41. The van der Waals surface area contributed by atoms with E-state index in [1.807, 2.05) is 6.92 Å². The van der Waals surface area contributed by atoms with E-state index in [2.05, 4.69) is 4.98 Å². The average Bonchev–Trinajstić information content (AvgIpc) is 2.66. The van der Waals surface area contributed by atoms with Crippen molar-refractivity contribution >= 4 is 27.5 Å². The summed E-state index contributed by atoms with van der Waals surface area (Å²) in [6, 6.07) is 1.78. The van der Waals surface area contributed by atoms with Crippen molar-refractivity contribution in [3.63, 3.8) is 0 Å². The largest absolute Gasteiger partial charge is 1.00 e. The van der Waals surface area contributed by atoms with Crippen LogP contribution in [0.3, 0.4) is 0 Å². The summed E-state index contributed by atoms with van der Waals surface area (Å²) in [4.78, 5) is 28.2. The predicted molar refractivity (Wildman–Crippen MR) is 62.3 cm³/mol. The number of rotatable bonds is 2. The van der Waals surface area contributed by atoms with Crippen molar-refractivity contribution in [2.45, 2.75) is 13.3 Å². The molecule has 0 aliphatic carbocycles. The number of aromatic nitrogens is 2. The second kappa shape index (κ2) is 5.30. The minimum Gasteiger partial charge on any atom is -1.00 e. The number of thiophene rings is 1. The van der Waals surface area contributed by atoms with E-state index in [4.69, 9.17) is 5.11 Å². The topological polar surface area (TPSA) is 72.2 Å². The third-order valence-corrected chi connectivity index (χ3v) is 3.54. The van der Waals surface area contributed by atoms with E-state index in [1.54, 1.807) is 6.07 Å². The van der Waals surface area contributed by atoms with Crippen molar-refractivity contribution in [1.29, 1.82) is 0 Å². The first kappa shape index (κ1) is 14.4. The molecule has 17 heavy (non-hydrogen) atoms. The summed E-state index contributed by atoms with van der Waals surface area (Å²) >= 11 is 1.36. The molecule has 0 aliphatic heterocycles. The Morgan fingerprint density at radius 1 is 1.65 bits per heavy atom. The first-order valence-electron chi connectivity index (χ1n) is 4.77. The summed E-state index contributed by atoms with van der Waals surface area (Å²) in [5.41, 5.74) is -0.307. The summed E-state index contributed by atoms with van der Waals surface area (Å²) in [5, 5.41) is 9.39. The van der Waals surface area contributed by atoms with Crippen molar-refractivity contribution in [3.8, 4) is 0 Å². The van der Waals surface area contributed by atoms with Gasteiger partial charge in [0.25, 0.3) is 5.56 Å². The second-order valence-electron chi connectivity index (χ2n) is 3.39. The van der Waals surface area contributed by atoms with Gasteiger partial charge in [0.15, 0.2) is 0 Å². The zero-order valence-electron chi connectivity index (χ0n) is 10.9. The summed E-state index contributed by atoms with van der Waals surface area (Å²) in [7, 11) is 1.42. The fourth-order valence-corrected chi connectivity index (χ4v) is 2.44. The number of carboxylic acid groups (broad SMARTS) is 1. The molecule has 86 valence electrons. The Morgan fingerprint density at radius 3 is 2.82 bits per heavy atom. The van der Waals surface area contributed by atoms with E-state index in [-0.39, 0.29) is 42.4 Å². The summed E-state index contributed by atoms with van der Waals surface area (Å²) in [6.07, 6.45) is 0.812. The maximum absolute atomic E-state index is 11.8. The molecule has 0 atom stereocenters. The molecule has 0 saturated carbocycles. The van der Waals surface area contributed by atoms with Gasteiger partial charge in [0.2, 0.25) is 5.82 Å². The Hall–Kier alpha value is -0.690. The molecule has 0 aromatic carbocycles. The molecule has 7 heteroatoms. The number of hydrogen-bond acceptors (Lipinski definition) is 4. The summed E-state index contributed by atoms with van der Waals surface area (Å²) in [6.45, 7) is 1.98. The number of aryl methyl sites for hydroxylation is 1. The number of carbonyl (C=O) groups is 1. The number of aromatic carboxylic acids is 1. The van der Waals surface area contributed by atoms with Gasteiger partial charge in [0.05, 0.1) is 5.39 Å². The Labute approximate surface area is 125 Å². The van der Waals surface area contributed by atoms with E-state index < -0.39 is 5.97 Å². The SMILES string of the molecule is CCc1cc2c(=O)n(C)c(C(=O)O)nc2s1.[H-].[Na+]. The molecule has 0 bridgehead atoms. The number of nitrogens with zero attached hydrogens (tertiary/aromatic N) is 2. The van der Waals surface area contributed by atoms with Crippen LogP contribution in [0.15, 0.2) is 10.9 Å². The van der Waals surface area contributed by atoms with Gasteiger partial charge in [0.1, 0.15) is 4.83 Å². The van der Waals surface area contributed by atoms with Crippen LogP contribution in [-0.2, 0) is 13.5 Å². The molecule has 2 aromatic heterocycles. The standard InChI is InChI=1S/C10H10N2O3S.Na.H/c1-3-5-4-6-8(16-5)11-7(10(14)15)12(2)9(6)13;;/h4H,3H2,1-2H3,(H,14,15);;/q;+1;-1. The average molecular weight is 262 g/mol. The van der Waals surface area contributed by atoms with E-state index in [1.165, 1.54) is 18.4 Å². The Kier molecular flexibility index (Phi) is 4.48. The van der Waals surface area contributed by atoms with Gasteiger partial charge < -0.3 is 6.53 Å². The molecule has 0 unspecified atom stereocenters. The number of hydrogen-bond donors (Lipinski definition) is 1. The fraction of sp³-hybridized carbons (Fsp3) is 0.300. The minimum absolute atomic E-state index is 0. The normalized spacial score (nSPS) is 10.2. The van der Waals surface area contributed by atoms with Crippen molar-refractivity contribution in [2.75, 3.05) is 0 Å². The van der Waals surface area contributed by atoms with Gasteiger partial charge in [-0.15, -0.1) is 11.3 Å². The van der Waals surface area contributed by atoms with Gasteiger partial charge >= 0.3 is 35.5 Å². The van der Waals surface area contributed by atoms with Crippen LogP contribution in [0.1, 0.15) is 23.8 Å². The Morgan fingerprint density at radius 2 is 2.29 bits per heavy atom. The van der Waals surface area contributed by atoms with Crippen LogP contribution in [0.4, 0.5) is 0 Å². The van der Waals surface area contributed by atoms with Crippen molar-refractivity contribution < 1.29 is 40.9 Å². The van der Waals surface area contributed by atoms with Crippen LogP contribution >= 0.6 is 11.3 Å². The van der Waals surface area contributed by atoms with Gasteiger partial charge in [-0.05, 0) is 12.5 Å². The van der Waals surface area contributed by atoms with E-state index in [0.29, 0.717) is 10.2 Å². The minimum atomic E-state index is -1.19. The van der Waals surface area contributed by atoms with Crippen LogP contribution in [0.5, 0.6) is 0 Å². The number of fused-ring (bicyclic) bond motifs is 1. The first-order valence-corrected chi connectivity index (χ1v) is 5.59. The monoisotopic (exact) mass is 262 g/mol. The zero-order chi connectivity index (χ0) is 11.9. The fourth-order valence-electron chi connectivity index (χ4n) is 1.48. The third-order valence-electron chi connectivity index (χ3n) is 2.36. The third kappa shape index (κ3) is 2.44. The molecular weight excluding hydrogens is 251 g/mol. The van der Waals surface area contributed by atoms with Crippen LogP contribution in [0.25, 0.3) is 10.2 Å². The van der Waals surface area contributed by atoms with E-state index >= 15 is 0 Å². The van der Waals surface area contributed by atoms with Crippen LogP contribution < -0.4 is 35.1 Å². The molecule has 0 fully saturated rings. The molecule has 1 N–H and O–H groups in total. The molecule has 2 aromatic rings. The smallest absolute Gasteiger partial charge is 1.00 e.